The highest BCUT2D eigenvalue weighted by atomic mass is 16.5. The Morgan fingerprint density at radius 1 is 1.08 bits per heavy atom. The van der Waals surface area contributed by atoms with E-state index in [0.29, 0.717) is 0 Å². The average molecular weight is 336 g/mol. The zero-order chi connectivity index (χ0) is 17.4. The van der Waals surface area contributed by atoms with Crippen LogP contribution in [-0.4, -0.2) is 31.4 Å². The fourth-order valence-corrected chi connectivity index (χ4v) is 3.87. The number of hydrogen-bond acceptors (Lipinski definition) is 4. The zero-order valence-electron chi connectivity index (χ0n) is 14.3. The van der Waals surface area contributed by atoms with Gasteiger partial charge < -0.3 is 9.47 Å². The maximum atomic E-state index is 11.7. The second-order valence-electron chi connectivity index (χ2n) is 6.36. The van der Waals surface area contributed by atoms with Gasteiger partial charge in [-0.25, -0.2) is 5.01 Å². The molecular weight excluding hydrogens is 316 g/mol. The first-order valence-electron chi connectivity index (χ1n) is 8.38. The monoisotopic (exact) mass is 336 g/mol. The Labute approximate surface area is 146 Å². The summed E-state index contributed by atoms with van der Waals surface area (Å²) in [7, 11) is 3.31. The van der Waals surface area contributed by atoms with E-state index in [1.165, 1.54) is 5.56 Å². The van der Waals surface area contributed by atoms with Gasteiger partial charge in [0.15, 0.2) is 0 Å². The van der Waals surface area contributed by atoms with Crippen LogP contribution < -0.4 is 9.47 Å². The summed E-state index contributed by atoms with van der Waals surface area (Å²) in [6.45, 7) is 0. The van der Waals surface area contributed by atoms with Gasteiger partial charge in [-0.05, 0) is 48.2 Å². The molecule has 0 spiro atoms. The van der Waals surface area contributed by atoms with Crippen LogP contribution in [0.2, 0.25) is 0 Å². The van der Waals surface area contributed by atoms with Gasteiger partial charge in [0, 0.05) is 11.5 Å². The van der Waals surface area contributed by atoms with Crippen molar-refractivity contribution in [2.24, 2.45) is 11.0 Å². The van der Waals surface area contributed by atoms with Crippen LogP contribution in [-0.2, 0) is 11.2 Å². The van der Waals surface area contributed by atoms with Gasteiger partial charge in [0.1, 0.15) is 11.5 Å². The number of rotatable bonds is 4. The third-order valence-electron chi connectivity index (χ3n) is 5.12. The smallest absolute Gasteiger partial charge is 0.230 e. The molecule has 128 valence electrons. The minimum absolute atomic E-state index is 0.0715. The first-order chi connectivity index (χ1) is 12.2. The van der Waals surface area contributed by atoms with Crippen LogP contribution in [0, 0.1) is 5.92 Å². The van der Waals surface area contributed by atoms with E-state index in [1.807, 2.05) is 36.4 Å². The Kier molecular flexibility index (Phi) is 3.92. The molecule has 0 bridgehead atoms. The number of ether oxygens (including phenoxy) is 2. The van der Waals surface area contributed by atoms with Gasteiger partial charge in [-0.2, -0.15) is 5.10 Å². The maximum absolute atomic E-state index is 11.7. The van der Waals surface area contributed by atoms with E-state index in [-0.39, 0.29) is 12.0 Å². The van der Waals surface area contributed by atoms with Crippen LogP contribution in [0.15, 0.2) is 47.6 Å². The minimum atomic E-state index is -0.0715. The molecule has 2 aliphatic rings. The summed E-state index contributed by atoms with van der Waals surface area (Å²) in [5, 5.41) is 6.19. The molecule has 1 aliphatic carbocycles. The molecule has 25 heavy (non-hydrogen) atoms. The van der Waals surface area contributed by atoms with Gasteiger partial charge in [-0.3, -0.25) is 4.79 Å². The first-order valence-corrected chi connectivity index (χ1v) is 8.38. The summed E-state index contributed by atoms with van der Waals surface area (Å²) in [5.41, 5.74) is 4.41. The fourth-order valence-electron chi connectivity index (χ4n) is 3.87. The molecular formula is C20H20N2O3. The number of amides is 1. The normalized spacial score (nSPS) is 21.2. The minimum Gasteiger partial charge on any atom is -0.497 e. The first kappa shape index (κ1) is 15.7. The highest BCUT2D eigenvalue weighted by molar-refractivity contribution is 6.06. The molecule has 0 radical (unpaired) electrons. The molecule has 0 saturated carbocycles. The molecule has 1 amide bonds. The largest absolute Gasteiger partial charge is 0.497 e. The Hall–Kier alpha value is -2.82. The number of carbonyl (C=O) groups excluding carboxylic acids is 1. The molecule has 5 nitrogen and oxygen atoms in total. The molecule has 2 aromatic carbocycles. The molecule has 0 saturated heterocycles. The van der Waals surface area contributed by atoms with Gasteiger partial charge in [0.05, 0.1) is 26.0 Å². The number of aryl methyl sites for hydroxylation is 1. The predicted molar refractivity (Wildman–Crippen MR) is 95.0 cm³/mol. The van der Waals surface area contributed by atoms with Crippen molar-refractivity contribution in [3.05, 3.63) is 59.2 Å². The quantitative estimate of drug-likeness (QED) is 0.806. The molecule has 4 rings (SSSR count). The van der Waals surface area contributed by atoms with Crippen LogP contribution in [0.3, 0.4) is 0 Å². The van der Waals surface area contributed by atoms with Crippen LogP contribution in [0.1, 0.15) is 29.2 Å². The van der Waals surface area contributed by atoms with Crippen LogP contribution in [0.5, 0.6) is 11.5 Å². The summed E-state index contributed by atoms with van der Waals surface area (Å²) in [6.07, 6.45) is 2.77. The SMILES string of the molecule is COc1ccc([C@H]2[C@H]3CCc4ccc(OC)cc4C3=NN2C=O)cc1. The number of hydrogen-bond donors (Lipinski definition) is 0. The summed E-state index contributed by atoms with van der Waals surface area (Å²) in [6, 6.07) is 13.9. The second-order valence-corrected chi connectivity index (χ2v) is 6.36. The van der Waals surface area contributed by atoms with E-state index >= 15 is 0 Å². The van der Waals surface area contributed by atoms with Crippen molar-refractivity contribution in [3.8, 4) is 11.5 Å². The molecule has 0 unspecified atom stereocenters. The lowest BCUT2D eigenvalue weighted by Crippen LogP contribution is -2.28. The molecule has 1 aliphatic heterocycles. The van der Waals surface area contributed by atoms with Gasteiger partial charge in [-0.1, -0.05) is 18.2 Å². The van der Waals surface area contributed by atoms with Crippen molar-refractivity contribution < 1.29 is 14.3 Å². The van der Waals surface area contributed by atoms with Crippen molar-refractivity contribution in [3.63, 3.8) is 0 Å². The molecule has 2 atom stereocenters. The molecule has 5 heteroatoms. The fraction of sp³-hybridized carbons (Fsp3) is 0.300. The molecule has 0 fully saturated rings. The summed E-state index contributed by atoms with van der Waals surface area (Å²) in [5.74, 6) is 1.81. The lowest BCUT2D eigenvalue weighted by atomic mass is 9.77. The average Bonchev–Trinajstić information content (AvgIpc) is 3.06. The number of fused-ring (bicyclic) bond motifs is 3. The van der Waals surface area contributed by atoms with Crippen molar-refractivity contribution in [2.75, 3.05) is 14.2 Å². The van der Waals surface area contributed by atoms with Crippen molar-refractivity contribution in [2.45, 2.75) is 18.9 Å². The van der Waals surface area contributed by atoms with Crippen molar-refractivity contribution in [1.29, 1.82) is 0 Å². The second kappa shape index (κ2) is 6.24. The van der Waals surface area contributed by atoms with E-state index < -0.39 is 0 Å². The Bertz CT molecular complexity index is 829. The lowest BCUT2D eigenvalue weighted by Gasteiger charge is -2.28. The van der Waals surface area contributed by atoms with E-state index in [9.17, 15) is 4.79 Å². The van der Waals surface area contributed by atoms with E-state index in [1.54, 1.807) is 19.2 Å². The topological polar surface area (TPSA) is 51.1 Å². The number of benzene rings is 2. The summed E-state index contributed by atoms with van der Waals surface area (Å²) >= 11 is 0. The molecule has 2 aromatic rings. The third-order valence-corrected chi connectivity index (χ3v) is 5.12. The number of carbonyl (C=O) groups is 1. The van der Waals surface area contributed by atoms with Crippen LogP contribution in [0.4, 0.5) is 0 Å². The Balaban J connectivity index is 1.74. The van der Waals surface area contributed by atoms with Crippen molar-refractivity contribution >= 4 is 12.1 Å². The Morgan fingerprint density at radius 3 is 2.48 bits per heavy atom. The van der Waals surface area contributed by atoms with Gasteiger partial charge in [0.25, 0.3) is 0 Å². The summed E-state index contributed by atoms with van der Waals surface area (Å²) < 4.78 is 10.6. The summed E-state index contributed by atoms with van der Waals surface area (Å²) in [4.78, 5) is 11.7. The predicted octanol–water partition coefficient (Wildman–Crippen LogP) is 3.18. The standard InChI is InChI=1S/C20H20N2O3/c1-24-15-7-4-14(5-8-15)20-17-10-6-13-3-9-16(25-2)11-18(13)19(17)21-22(20)12-23/h3-5,7-9,11-12,17,20H,6,10H2,1-2H3/t17-,20-/m0/s1. The van der Waals surface area contributed by atoms with E-state index in [4.69, 9.17) is 9.47 Å². The van der Waals surface area contributed by atoms with E-state index in [0.717, 1.165) is 47.6 Å². The number of methoxy groups -OCH3 is 2. The Morgan fingerprint density at radius 2 is 1.80 bits per heavy atom. The highest BCUT2D eigenvalue weighted by Crippen LogP contribution is 2.43. The van der Waals surface area contributed by atoms with Crippen molar-refractivity contribution in [1.82, 2.24) is 5.01 Å². The molecule has 0 aromatic heterocycles. The molecule has 0 N–H and O–H groups in total. The van der Waals surface area contributed by atoms with E-state index in [2.05, 4.69) is 11.2 Å². The van der Waals surface area contributed by atoms with Gasteiger partial charge >= 0.3 is 0 Å². The maximum Gasteiger partial charge on any atom is 0.230 e. The number of hydrazone groups is 1. The third kappa shape index (κ3) is 2.56. The molecule has 1 heterocycles. The van der Waals surface area contributed by atoms with Gasteiger partial charge in [0.2, 0.25) is 6.41 Å². The highest BCUT2D eigenvalue weighted by Gasteiger charge is 2.41. The number of nitrogens with zero attached hydrogens (tertiary/aromatic N) is 2. The van der Waals surface area contributed by atoms with Gasteiger partial charge in [-0.15, -0.1) is 0 Å². The zero-order valence-corrected chi connectivity index (χ0v) is 14.3. The van der Waals surface area contributed by atoms with Crippen LogP contribution >= 0.6 is 0 Å². The van der Waals surface area contributed by atoms with Crippen LogP contribution in [0.25, 0.3) is 0 Å². The lowest BCUT2D eigenvalue weighted by molar-refractivity contribution is -0.120.